The second kappa shape index (κ2) is 9.94. The maximum absolute atomic E-state index is 12.0. The van der Waals surface area contributed by atoms with Crippen LogP contribution in [-0.2, 0) is 19.1 Å². The van der Waals surface area contributed by atoms with E-state index in [2.05, 4.69) is 5.32 Å². The van der Waals surface area contributed by atoms with E-state index in [9.17, 15) is 14.4 Å². The van der Waals surface area contributed by atoms with Crippen LogP contribution in [0.5, 0.6) is 0 Å². The molecule has 2 amide bonds. The Morgan fingerprint density at radius 1 is 1.15 bits per heavy atom. The van der Waals surface area contributed by atoms with Gasteiger partial charge in [-0.2, -0.15) is 0 Å². The number of aryl methyl sites for hydroxylation is 1. The number of anilines is 1. The number of amides is 2. The number of ether oxygens (including phenoxy) is 1. The predicted octanol–water partition coefficient (Wildman–Crippen LogP) is 2.91. The Hall–Kier alpha value is -2.37. The molecule has 0 radical (unpaired) electrons. The van der Waals surface area contributed by atoms with E-state index in [0.29, 0.717) is 18.0 Å². The van der Waals surface area contributed by atoms with Gasteiger partial charge in [0.2, 0.25) is 5.91 Å². The van der Waals surface area contributed by atoms with Crippen LogP contribution < -0.4 is 5.32 Å². The molecule has 0 unspecified atom stereocenters. The zero-order valence-electron chi connectivity index (χ0n) is 15.6. The molecular weight excluding hydrogens is 332 g/mol. The molecule has 1 aromatic rings. The molecular formula is C20H28N2O4. The summed E-state index contributed by atoms with van der Waals surface area (Å²) in [6.07, 6.45) is 6.05. The van der Waals surface area contributed by atoms with E-state index in [4.69, 9.17) is 4.74 Å². The molecule has 0 atom stereocenters. The van der Waals surface area contributed by atoms with Gasteiger partial charge >= 0.3 is 5.97 Å². The van der Waals surface area contributed by atoms with Crippen LogP contribution in [0.1, 0.15) is 44.1 Å². The molecule has 0 heterocycles. The van der Waals surface area contributed by atoms with Crippen LogP contribution in [0.3, 0.4) is 0 Å². The molecule has 1 fully saturated rings. The Kier molecular flexibility index (Phi) is 7.63. The summed E-state index contributed by atoms with van der Waals surface area (Å²) in [5.41, 5.74) is 1.78. The average Bonchev–Trinajstić information content (AvgIpc) is 3.13. The molecule has 142 valence electrons. The average molecular weight is 360 g/mol. The largest absolute Gasteiger partial charge is 0.456 e. The number of hydrogen-bond acceptors (Lipinski definition) is 4. The lowest BCUT2D eigenvalue weighted by Gasteiger charge is -2.17. The van der Waals surface area contributed by atoms with E-state index in [-0.39, 0.29) is 25.0 Å². The first-order valence-electron chi connectivity index (χ1n) is 9.20. The SMILES string of the molecule is Cc1ccc(NC(=O)CN(C)C(=O)COC(=O)CCC2CCCC2)cc1. The van der Waals surface area contributed by atoms with Crippen LogP contribution in [0.2, 0.25) is 0 Å². The Morgan fingerprint density at radius 3 is 2.46 bits per heavy atom. The molecule has 1 saturated carbocycles. The van der Waals surface area contributed by atoms with Crippen molar-refractivity contribution in [1.82, 2.24) is 4.90 Å². The van der Waals surface area contributed by atoms with Crippen LogP contribution >= 0.6 is 0 Å². The lowest BCUT2D eigenvalue weighted by Crippen LogP contribution is -2.37. The molecule has 6 heteroatoms. The van der Waals surface area contributed by atoms with E-state index < -0.39 is 5.91 Å². The van der Waals surface area contributed by atoms with Crippen LogP contribution in [0, 0.1) is 12.8 Å². The fourth-order valence-corrected chi connectivity index (χ4v) is 3.09. The van der Waals surface area contributed by atoms with Crippen molar-refractivity contribution in [3.05, 3.63) is 29.8 Å². The van der Waals surface area contributed by atoms with Crippen LogP contribution in [-0.4, -0.2) is 42.9 Å². The van der Waals surface area contributed by atoms with Gasteiger partial charge in [-0.3, -0.25) is 14.4 Å². The van der Waals surface area contributed by atoms with Gasteiger partial charge in [-0.05, 0) is 31.4 Å². The maximum Gasteiger partial charge on any atom is 0.306 e. The third kappa shape index (κ3) is 6.86. The quantitative estimate of drug-likeness (QED) is 0.723. The topological polar surface area (TPSA) is 75.7 Å². The fourth-order valence-electron chi connectivity index (χ4n) is 3.09. The van der Waals surface area contributed by atoms with Gasteiger partial charge in [0.1, 0.15) is 0 Å². The van der Waals surface area contributed by atoms with Gasteiger partial charge in [0, 0.05) is 19.2 Å². The van der Waals surface area contributed by atoms with Crippen molar-refractivity contribution in [2.24, 2.45) is 5.92 Å². The summed E-state index contributed by atoms with van der Waals surface area (Å²) in [6.45, 7) is 1.55. The van der Waals surface area contributed by atoms with Gasteiger partial charge in [0.05, 0.1) is 6.54 Å². The van der Waals surface area contributed by atoms with Crippen molar-refractivity contribution in [3.8, 4) is 0 Å². The van der Waals surface area contributed by atoms with Gasteiger partial charge in [-0.1, -0.05) is 43.4 Å². The van der Waals surface area contributed by atoms with E-state index in [1.165, 1.54) is 37.6 Å². The number of likely N-dealkylation sites (N-methyl/N-ethyl adjacent to an activating group) is 1. The Labute approximate surface area is 154 Å². The molecule has 0 saturated heterocycles. The predicted molar refractivity (Wildman–Crippen MR) is 99.6 cm³/mol. The van der Waals surface area contributed by atoms with E-state index >= 15 is 0 Å². The fraction of sp³-hybridized carbons (Fsp3) is 0.550. The van der Waals surface area contributed by atoms with Crippen molar-refractivity contribution < 1.29 is 19.1 Å². The van der Waals surface area contributed by atoms with Crippen molar-refractivity contribution in [3.63, 3.8) is 0 Å². The number of hydrogen-bond donors (Lipinski definition) is 1. The van der Waals surface area contributed by atoms with Gasteiger partial charge in [-0.25, -0.2) is 0 Å². The van der Waals surface area contributed by atoms with Crippen LogP contribution in [0.4, 0.5) is 5.69 Å². The summed E-state index contributed by atoms with van der Waals surface area (Å²) in [5, 5.41) is 2.73. The highest BCUT2D eigenvalue weighted by atomic mass is 16.5. The second-order valence-electron chi connectivity index (χ2n) is 7.01. The molecule has 0 aromatic heterocycles. The highest BCUT2D eigenvalue weighted by Crippen LogP contribution is 2.28. The van der Waals surface area contributed by atoms with Gasteiger partial charge in [0.25, 0.3) is 5.91 Å². The molecule has 2 rings (SSSR count). The van der Waals surface area contributed by atoms with Crippen molar-refractivity contribution in [2.75, 3.05) is 25.5 Å². The van der Waals surface area contributed by atoms with Crippen LogP contribution in [0.15, 0.2) is 24.3 Å². The van der Waals surface area contributed by atoms with Crippen molar-refractivity contribution in [2.45, 2.75) is 45.4 Å². The maximum atomic E-state index is 12.0. The molecule has 1 aliphatic carbocycles. The van der Waals surface area contributed by atoms with Gasteiger partial charge < -0.3 is 15.0 Å². The van der Waals surface area contributed by atoms with E-state index in [0.717, 1.165) is 12.0 Å². The number of rotatable bonds is 8. The minimum Gasteiger partial charge on any atom is -0.456 e. The second-order valence-corrected chi connectivity index (χ2v) is 7.01. The molecule has 1 aromatic carbocycles. The number of carbonyl (C=O) groups is 3. The Bertz CT molecular complexity index is 621. The first kappa shape index (κ1) is 19.9. The highest BCUT2D eigenvalue weighted by molar-refractivity contribution is 5.94. The minimum absolute atomic E-state index is 0.0909. The smallest absolute Gasteiger partial charge is 0.306 e. The van der Waals surface area contributed by atoms with Crippen molar-refractivity contribution in [1.29, 1.82) is 0 Å². The lowest BCUT2D eigenvalue weighted by molar-refractivity contribution is -0.152. The van der Waals surface area contributed by atoms with Gasteiger partial charge in [-0.15, -0.1) is 0 Å². The summed E-state index contributed by atoms with van der Waals surface area (Å²) in [5.74, 6) is -0.412. The molecule has 0 bridgehead atoms. The van der Waals surface area contributed by atoms with Gasteiger partial charge in [0.15, 0.2) is 6.61 Å². The number of nitrogens with one attached hydrogen (secondary N) is 1. The van der Waals surface area contributed by atoms with E-state index in [1.54, 1.807) is 12.1 Å². The normalized spacial score (nSPS) is 14.1. The number of nitrogens with zero attached hydrogens (tertiary/aromatic N) is 1. The zero-order valence-corrected chi connectivity index (χ0v) is 15.6. The highest BCUT2D eigenvalue weighted by Gasteiger charge is 2.18. The molecule has 26 heavy (non-hydrogen) atoms. The summed E-state index contributed by atoms with van der Waals surface area (Å²) < 4.78 is 5.04. The zero-order chi connectivity index (χ0) is 18.9. The summed E-state index contributed by atoms with van der Waals surface area (Å²) >= 11 is 0. The van der Waals surface area contributed by atoms with Crippen LogP contribution in [0.25, 0.3) is 0 Å². The number of benzene rings is 1. The standard InChI is InChI=1S/C20H28N2O4/c1-15-7-10-17(11-8-15)21-18(23)13-22(2)19(24)14-26-20(25)12-9-16-5-3-4-6-16/h7-8,10-11,16H,3-6,9,12-14H2,1-2H3,(H,21,23). The first-order valence-corrected chi connectivity index (χ1v) is 9.20. The third-order valence-electron chi connectivity index (χ3n) is 4.73. The number of carbonyl (C=O) groups excluding carboxylic acids is 3. The summed E-state index contributed by atoms with van der Waals surface area (Å²) in [6, 6.07) is 7.41. The molecule has 6 nitrogen and oxygen atoms in total. The van der Waals surface area contributed by atoms with E-state index in [1.807, 2.05) is 19.1 Å². The molecule has 0 aliphatic heterocycles. The lowest BCUT2D eigenvalue weighted by atomic mass is 10.0. The minimum atomic E-state index is -0.390. The summed E-state index contributed by atoms with van der Waals surface area (Å²) in [4.78, 5) is 37.0. The Balaban J connectivity index is 1.65. The molecule has 0 spiro atoms. The molecule has 1 N–H and O–H groups in total. The Morgan fingerprint density at radius 2 is 1.81 bits per heavy atom. The first-order chi connectivity index (χ1) is 12.4. The summed E-state index contributed by atoms with van der Waals surface area (Å²) in [7, 11) is 1.52. The van der Waals surface area contributed by atoms with Crippen molar-refractivity contribution >= 4 is 23.5 Å². The number of esters is 1. The molecule has 1 aliphatic rings. The third-order valence-corrected chi connectivity index (χ3v) is 4.73. The monoisotopic (exact) mass is 360 g/mol.